The maximum Gasteiger partial charge on any atom is 0.308 e. The van der Waals surface area contributed by atoms with Crippen LogP contribution in [-0.2, 0) is 4.79 Å². The molecule has 1 aliphatic carbocycles. The van der Waals surface area contributed by atoms with Crippen molar-refractivity contribution in [3.8, 4) is 11.5 Å². The summed E-state index contributed by atoms with van der Waals surface area (Å²) in [4.78, 5) is 12.8. The van der Waals surface area contributed by atoms with Crippen LogP contribution in [0.3, 0.4) is 0 Å². The van der Waals surface area contributed by atoms with Gasteiger partial charge in [0, 0.05) is 24.8 Å². The number of hydrogen-bond donors (Lipinski definition) is 1. The summed E-state index contributed by atoms with van der Waals surface area (Å²) in [6, 6.07) is 5.65. The minimum Gasteiger partial charge on any atom is -0.493 e. The van der Waals surface area contributed by atoms with Gasteiger partial charge in [-0.3, -0.25) is 4.79 Å². The third kappa shape index (κ3) is 2.20. The molecule has 5 heteroatoms. The Labute approximate surface area is 106 Å². The molecule has 0 heterocycles. The fraction of sp³-hybridized carbons (Fsp3) is 0.462. The van der Waals surface area contributed by atoms with Crippen molar-refractivity contribution in [2.24, 2.45) is 5.92 Å². The molecule has 1 fully saturated rings. The maximum absolute atomic E-state index is 10.9. The number of ether oxygens (including phenoxy) is 2. The lowest BCUT2D eigenvalue weighted by Crippen LogP contribution is -2.23. The molecule has 2 atom stereocenters. The maximum atomic E-state index is 10.9. The molecule has 98 valence electrons. The van der Waals surface area contributed by atoms with Gasteiger partial charge in [0.15, 0.2) is 11.5 Å². The third-order valence-electron chi connectivity index (χ3n) is 3.35. The van der Waals surface area contributed by atoms with Crippen LogP contribution in [0.4, 0.5) is 5.69 Å². The molecule has 1 N–H and O–H groups in total. The van der Waals surface area contributed by atoms with E-state index in [1.165, 1.54) is 0 Å². The fourth-order valence-corrected chi connectivity index (χ4v) is 2.11. The van der Waals surface area contributed by atoms with Gasteiger partial charge in [-0.25, -0.2) is 0 Å². The number of methoxy groups -OCH3 is 2. The lowest BCUT2D eigenvalue weighted by molar-refractivity contribution is -0.138. The largest absolute Gasteiger partial charge is 0.493 e. The number of carboxylic acids is 1. The SMILES string of the molecule is COc1ccc(N(C)C2CC2C(=O)O)cc1OC. The predicted octanol–water partition coefficient (Wildman–Crippen LogP) is 1.61. The number of nitrogens with zero attached hydrogens (tertiary/aromatic N) is 1. The van der Waals surface area contributed by atoms with Crippen molar-refractivity contribution in [1.29, 1.82) is 0 Å². The molecule has 0 bridgehead atoms. The monoisotopic (exact) mass is 251 g/mol. The van der Waals surface area contributed by atoms with E-state index in [0.29, 0.717) is 17.9 Å². The first kappa shape index (κ1) is 12.5. The second-order valence-corrected chi connectivity index (χ2v) is 4.40. The highest BCUT2D eigenvalue weighted by atomic mass is 16.5. The highest BCUT2D eigenvalue weighted by molar-refractivity contribution is 5.76. The zero-order chi connectivity index (χ0) is 13.3. The van der Waals surface area contributed by atoms with Gasteiger partial charge in [0.2, 0.25) is 0 Å². The van der Waals surface area contributed by atoms with E-state index in [1.54, 1.807) is 14.2 Å². The molecule has 1 aliphatic rings. The van der Waals surface area contributed by atoms with E-state index in [0.717, 1.165) is 5.69 Å². The lowest BCUT2D eigenvalue weighted by Gasteiger charge is -2.20. The molecule has 5 nitrogen and oxygen atoms in total. The normalized spacial score (nSPS) is 21.3. The van der Waals surface area contributed by atoms with Crippen molar-refractivity contribution in [3.63, 3.8) is 0 Å². The number of aliphatic carboxylic acids is 1. The molecule has 0 spiro atoms. The van der Waals surface area contributed by atoms with Gasteiger partial charge in [-0.15, -0.1) is 0 Å². The summed E-state index contributed by atoms with van der Waals surface area (Å²) in [5, 5.41) is 8.93. The summed E-state index contributed by atoms with van der Waals surface area (Å²) in [7, 11) is 5.07. The van der Waals surface area contributed by atoms with Gasteiger partial charge in [0.1, 0.15) is 0 Å². The first-order valence-corrected chi connectivity index (χ1v) is 5.76. The molecule has 2 unspecified atom stereocenters. The second kappa shape index (κ2) is 4.76. The van der Waals surface area contributed by atoms with Crippen molar-refractivity contribution in [2.75, 3.05) is 26.2 Å². The fourth-order valence-electron chi connectivity index (χ4n) is 2.11. The van der Waals surface area contributed by atoms with E-state index < -0.39 is 5.97 Å². The average molecular weight is 251 g/mol. The summed E-state index contributed by atoms with van der Waals surface area (Å²) >= 11 is 0. The van der Waals surface area contributed by atoms with Crippen LogP contribution in [0.25, 0.3) is 0 Å². The van der Waals surface area contributed by atoms with Gasteiger partial charge in [-0.05, 0) is 18.6 Å². The smallest absolute Gasteiger partial charge is 0.308 e. The van der Waals surface area contributed by atoms with Gasteiger partial charge in [0.25, 0.3) is 0 Å². The van der Waals surface area contributed by atoms with Crippen LogP contribution in [0.2, 0.25) is 0 Å². The third-order valence-corrected chi connectivity index (χ3v) is 3.35. The molecule has 1 aromatic rings. The second-order valence-electron chi connectivity index (χ2n) is 4.40. The molecule has 1 aromatic carbocycles. The van der Waals surface area contributed by atoms with Crippen LogP contribution in [0.15, 0.2) is 18.2 Å². The summed E-state index contributed by atoms with van der Waals surface area (Å²) in [5.74, 6) is 0.324. The standard InChI is InChI=1S/C13H17NO4/c1-14(10-7-9(10)13(15)16)8-4-5-11(17-2)12(6-8)18-3/h4-6,9-10H,7H2,1-3H3,(H,15,16). The highest BCUT2D eigenvalue weighted by Crippen LogP contribution is 2.39. The Morgan fingerprint density at radius 3 is 2.50 bits per heavy atom. The Bertz CT molecular complexity index is 460. The van der Waals surface area contributed by atoms with Gasteiger partial charge in [-0.2, -0.15) is 0 Å². The van der Waals surface area contributed by atoms with Crippen molar-refractivity contribution in [3.05, 3.63) is 18.2 Å². The number of carboxylic acid groups (broad SMARTS) is 1. The highest BCUT2D eigenvalue weighted by Gasteiger charge is 2.46. The topological polar surface area (TPSA) is 59.0 Å². The van der Waals surface area contributed by atoms with Crippen molar-refractivity contribution in [2.45, 2.75) is 12.5 Å². The molecule has 0 aromatic heterocycles. The van der Waals surface area contributed by atoms with Crippen molar-refractivity contribution in [1.82, 2.24) is 0 Å². The predicted molar refractivity (Wildman–Crippen MR) is 67.5 cm³/mol. The summed E-state index contributed by atoms with van der Waals surface area (Å²) in [5.41, 5.74) is 0.932. The molecule has 1 saturated carbocycles. The van der Waals surface area contributed by atoms with Crippen LogP contribution >= 0.6 is 0 Å². The van der Waals surface area contributed by atoms with E-state index in [9.17, 15) is 4.79 Å². The van der Waals surface area contributed by atoms with E-state index >= 15 is 0 Å². The molecular formula is C13H17NO4. The van der Waals surface area contributed by atoms with Crippen LogP contribution < -0.4 is 14.4 Å². The Hall–Kier alpha value is -1.91. The first-order chi connectivity index (χ1) is 8.58. The minimum atomic E-state index is -0.729. The van der Waals surface area contributed by atoms with Crippen molar-refractivity contribution >= 4 is 11.7 Å². The van der Waals surface area contributed by atoms with Crippen LogP contribution in [0.1, 0.15) is 6.42 Å². The number of anilines is 1. The quantitative estimate of drug-likeness (QED) is 0.861. The first-order valence-electron chi connectivity index (χ1n) is 5.76. The van der Waals surface area contributed by atoms with Crippen LogP contribution in [-0.4, -0.2) is 38.4 Å². The molecular weight excluding hydrogens is 234 g/mol. The van der Waals surface area contributed by atoms with E-state index in [4.69, 9.17) is 14.6 Å². The zero-order valence-corrected chi connectivity index (χ0v) is 10.7. The molecule has 0 amide bonds. The number of hydrogen-bond acceptors (Lipinski definition) is 4. The number of benzene rings is 1. The Balaban J connectivity index is 2.16. The zero-order valence-electron chi connectivity index (χ0n) is 10.7. The van der Waals surface area contributed by atoms with Crippen LogP contribution in [0, 0.1) is 5.92 Å². The van der Waals surface area contributed by atoms with Gasteiger partial charge in [-0.1, -0.05) is 0 Å². The van der Waals surface area contributed by atoms with Gasteiger partial charge < -0.3 is 19.5 Å². The lowest BCUT2D eigenvalue weighted by atomic mass is 10.2. The summed E-state index contributed by atoms with van der Waals surface area (Å²) in [6.45, 7) is 0. The van der Waals surface area contributed by atoms with E-state index in [1.807, 2.05) is 30.1 Å². The molecule has 2 rings (SSSR count). The molecule has 18 heavy (non-hydrogen) atoms. The Morgan fingerprint density at radius 2 is 2.00 bits per heavy atom. The van der Waals surface area contributed by atoms with E-state index in [2.05, 4.69) is 0 Å². The van der Waals surface area contributed by atoms with Crippen LogP contribution in [0.5, 0.6) is 11.5 Å². The average Bonchev–Trinajstić information content (AvgIpc) is 3.17. The van der Waals surface area contributed by atoms with Gasteiger partial charge in [0.05, 0.1) is 20.1 Å². The molecule has 0 aliphatic heterocycles. The molecule has 0 saturated heterocycles. The summed E-state index contributed by atoms with van der Waals surface area (Å²) < 4.78 is 10.4. The van der Waals surface area contributed by atoms with E-state index in [-0.39, 0.29) is 12.0 Å². The number of carbonyl (C=O) groups is 1. The Kier molecular flexibility index (Phi) is 3.32. The van der Waals surface area contributed by atoms with Gasteiger partial charge >= 0.3 is 5.97 Å². The number of rotatable bonds is 5. The Morgan fingerprint density at radius 1 is 1.33 bits per heavy atom. The van der Waals surface area contributed by atoms with Crippen molar-refractivity contribution < 1.29 is 19.4 Å². The minimum absolute atomic E-state index is 0.0700. The molecule has 0 radical (unpaired) electrons. The summed E-state index contributed by atoms with van der Waals surface area (Å²) in [6.07, 6.45) is 0.695.